The van der Waals surface area contributed by atoms with E-state index < -0.39 is 0 Å². The van der Waals surface area contributed by atoms with E-state index in [1.165, 1.54) is 43.0 Å². The van der Waals surface area contributed by atoms with Crippen molar-refractivity contribution in [3.05, 3.63) is 35.5 Å². The normalized spacial score (nSPS) is 25.8. The second-order valence-electron chi connectivity index (χ2n) is 6.16. The zero-order chi connectivity index (χ0) is 11.5. The lowest BCUT2D eigenvalue weighted by Gasteiger charge is -2.28. The average Bonchev–Trinajstić information content (AvgIpc) is 2.99. The van der Waals surface area contributed by atoms with Gasteiger partial charge in [-0.2, -0.15) is 0 Å². The van der Waals surface area contributed by atoms with E-state index in [9.17, 15) is 0 Å². The molecule has 2 aromatic rings. The van der Waals surface area contributed by atoms with Gasteiger partial charge in [0.05, 0.1) is 0 Å². The highest BCUT2D eigenvalue weighted by Crippen LogP contribution is 2.59. The molecule has 0 radical (unpaired) electrons. The molecule has 0 bridgehead atoms. The van der Waals surface area contributed by atoms with Crippen LogP contribution in [0.1, 0.15) is 49.8 Å². The predicted octanol–water partition coefficient (Wildman–Crippen LogP) is 4.39. The Morgan fingerprint density at radius 2 is 2.06 bits per heavy atom. The van der Waals surface area contributed by atoms with Crippen LogP contribution in [0.4, 0.5) is 0 Å². The van der Waals surface area contributed by atoms with Gasteiger partial charge in [-0.25, -0.2) is 0 Å². The predicted molar refractivity (Wildman–Crippen MR) is 71.3 cm³/mol. The molecule has 1 heteroatoms. The molecule has 1 atom stereocenters. The van der Waals surface area contributed by atoms with Gasteiger partial charge in [-0.3, -0.25) is 0 Å². The zero-order valence-electron chi connectivity index (χ0n) is 10.4. The van der Waals surface area contributed by atoms with Gasteiger partial charge in [0.1, 0.15) is 0 Å². The third-order valence-corrected chi connectivity index (χ3v) is 4.99. The van der Waals surface area contributed by atoms with Crippen molar-refractivity contribution in [3.63, 3.8) is 0 Å². The van der Waals surface area contributed by atoms with Crippen molar-refractivity contribution in [1.82, 2.24) is 4.98 Å². The van der Waals surface area contributed by atoms with Gasteiger partial charge in [-0.1, -0.05) is 25.1 Å². The highest BCUT2D eigenvalue weighted by molar-refractivity contribution is 5.85. The van der Waals surface area contributed by atoms with Crippen LogP contribution in [0.3, 0.4) is 0 Å². The van der Waals surface area contributed by atoms with E-state index in [-0.39, 0.29) is 0 Å². The van der Waals surface area contributed by atoms with Crippen LogP contribution in [-0.2, 0) is 6.42 Å². The Morgan fingerprint density at radius 3 is 2.88 bits per heavy atom. The Balaban J connectivity index is 1.93. The number of aromatic nitrogens is 1. The summed E-state index contributed by atoms with van der Waals surface area (Å²) in [7, 11) is 0. The summed E-state index contributed by atoms with van der Waals surface area (Å²) in [5.41, 5.74) is 5.13. The van der Waals surface area contributed by atoms with Gasteiger partial charge in [0.25, 0.3) is 0 Å². The number of fused-ring (bicyclic) bond motifs is 3. The molecule has 2 aliphatic rings. The number of aryl methyl sites for hydroxylation is 1. The SMILES string of the molecule is CC1(C2CCCc3c2[nH]c2ccccc32)CC1. The summed E-state index contributed by atoms with van der Waals surface area (Å²) in [6, 6.07) is 8.80. The fourth-order valence-electron chi connectivity index (χ4n) is 3.66. The third kappa shape index (κ3) is 1.31. The molecule has 1 aromatic carbocycles. The van der Waals surface area contributed by atoms with Crippen molar-refractivity contribution in [2.75, 3.05) is 0 Å². The summed E-state index contributed by atoms with van der Waals surface area (Å²) in [6.45, 7) is 2.47. The first-order valence-corrected chi connectivity index (χ1v) is 6.87. The van der Waals surface area contributed by atoms with Gasteiger partial charge < -0.3 is 4.98 Å². The maximum absolute atomic E-state index is 3.71. The molecular weight excluding hydrogens is 206 g/mol. The van der Waals surface area contributed by atoms with Crippen LogP contribution in [0.5, 0.6) is 0 Å². The first kappa shape index (κ1) is 9.76. The Kier molecular flexibility index (Phi) is 1.81. The van der Waals surface area contributed by atoms with Crippen molar-refractivity contribution in [2.45, 2.75) is 44.9 Å². The Hall–Kier alpha value is -1.24. The standard InChI is InChI=1S/C16H19N/c1-16(9-10-16)13-7-4-6-12-11-5-2-3-8-14(11)17-15(12)13/h2-3,5,8,13,17H,4,6-7,9-10H2,1H3. The molecule has 1 aromatic heterocycles. The quantitative estimate of drug-likeness (QED) is 0.741. The monoisotopic (exact) mass is 225 g/mol. The second kappa shape index (κ2) is 3.16. The molecule has 1 N–H and O–H groups in total. The first-order valence-electron chi connectivity index (χ1n) is 6.87. The number of para-hydroxylation sites is 1. The molecule has 0 amide bonds. The fourth-order valence-corrected chi connectivity index (χ4v) is 3.66. The fraction of sp³-hybridized carbons (Fsp3) is 0.500. The zero-order valence-corrected chi connectivity index (χ0v) is 10.4. The van der Waals surface area contributed by atoms with Crippen LogP contribution < -0.4 is 0 Å². The number of nitrogens with one attached hydrogen (secondary N) is 1. The van der Waals surface area contributed by atoms with Gasteiger partial charge in [0.2, 0.25) is 0 Å². The molecule has 17 heavy (non-hydrogen) atoms. The molecule has 0 spiro atoms. The number of hydrogen-bond donors (Lipinski definition) is 1. The molecular formula is C16H19N. The van der Waals surface area contributed by atoms with Gasteiger partial charge >= 0.3 is 0 Å². The molecule has 0 aliphatic heterocycles. The van der Waals surface area contributed by atoms with Crippen molar-refractivity contribution in [1.29, 1.82) is 0 Å². The lowest BCUT2D eigenvalue weighted by atomic mass is 9.77. The van der Waals surface area contributed by atoms with Crippen LogP contribution in [0.25, 0.3) is 10.9 Å². The largest absolute Gasteiger partial charge is 0.358 e. The summed E-state index contributed by atoms with van der Waals surface area (Å²) in [5.74, 6) is 0.790. The molecule has 1 fully saturated rings. The smallest absolute Gasteiger partial charge is 0.0459 e. The summed E-state index contributed by atoms with van der Waals surface area (Å²) in [5, 5.41) is 1.47. The summed E-state index contributed by atoms with van der Waals surface area (Å²) in [4.78, 5) is 3.71. The molecule has 88 valence electrons. The van der Waals surface area contributed by atoms with E-state index in [1.807, 2.05) is 0 Å². The van der Waals surface area contributed by atoms with Gasteiger partial charge in [0, 0.05) is 22.5 Å². The van der Waals surface area contributed by atoms with E-state index in [1.54, 1.807) is 11.3 Å². The minimum atomic E-state index is 0.607. The van der Waals surface area contributed by atoms with E-state index in [4.69, 9.17) is 0 Å². The molecule has 1 heterocycles. The second-order valence-corrected chi connectivity index (χ2v) is 6.16. The van der Waals surface area contributed by atoms with E-state index in [0.29, 0.717) is 5.41 Å². The van der Waals surface area contributed by atoms with E-state index in [0.717, 1.165) is 5.92 Å². The number of hydrogen-bond acceptors (Lipinski definition) is 0. The lowest BCUT2D eigenvalue weighted by Crippen LogP contribution is -2.17. The van der Waals surface area contributed by atoms with Crippen LogP contribution in [0, 0.1) is 5.41 Å². The van der Waals surface area contributed by atoms with Crippen LogP contribution in [0.2, 0.25) is 0 Å². The number of aromatic amines is 1. The topological polar surface area (TPSA) is 15.8 Å². The molecule has 1 nitrogen and oxygen atoms in total. The molecule has 1 unspecified atom stereocenters. The maximum atomic E-state index is 3.71. The average molecular weight is 225 g/mol. The minimum absolute atomic E-state index is 0.607. The lowest BCUT2D eigenvalue weighted by molar-refractivity contribution is 0.381. The van der Waals surface area contributed by atoms with Gasteiger partial charge in [-0.15, -0.1) is 0 Å². The number of H-pyrrole nitrogens is 1. The Morgan fingerprint density at radius 1 is 1.24 bits per heavy atom. The van der Waals surface area contributed by atoms with Crippen molar-refractivity contribution < 1.29 is 0 Å². The van der Waals surface area contributed by atoms with E-state index in [2.05, 4.69) is 36.2 Å². The Bertz CT molecular complexity index is 574. The maximum Gasteiger partial charge on any atom is 0.0459 e. The highest BCUT2D eigenvalue weighted by atomic mass is 14.8. The first-order chi connectivity index (χ1) is 8.28. The highest BCUT2D eigenvalue weighted by Gasteiger charge is 2.47. The Labute approximate surface area is 102 Å². The van der Waals surface area contributed by atoms with Crippen LogP contribution >= 0.6 is 0 Å². The summed E-state index contributed by atoms with van der Waals surface area (Å²) >= 11 is 0. The molecule has 4 rings (SSSR count). The molecule has 2 aliphatic carbocycles. The minimum Gasteiger partial charge on any atom is -0.358 e. The molecule has 0 saturated heterocycles. The van der Waals surface area contributed by atoms with Gasteiger partial charge in [-0.05, 0) is 49.1 Å². The summed E-state index contributed by atoms with van der Waals surface area (Å²) < 4.78 is 0. The van der Waals surface area contributed by atoms with E-state index >= 15 is 0 Å². The van der Waals surface area contributed by atoms with Crippen LogP contribution in [-0.4, -0.2) is 4.98 Å². The van der Waals surface area contributed by atoms with Crippen LogP contribution in [0.15, 0.2) is 24.3 Å². The third-order valence-electron chi connectivity index (χ3n) is 4.99. The van der Waals surface area contributed by atoms with Crippen molar-refractivity contribution in [3.8, 4) is 0 Å². The van der Waals surface area contributed by atoms with Crippen molar-refractivity contribution in [2.24, 2.45) is 5.41 Å². The number of rotatable bonds is 1. The summed E-state index contributed by atoms with van der Waals surface area (Å²) in [6.07, 6.45) is 6.87. The van der Waals surface area contributed by atoms with Crippen molar-refractivity contribution >= 4 is 10.9 Å². The number of benzene rings is 1. The molecule has 1 saturated carbocycles. The van der Waals surface area contributed by atoms with Gasteiger partial charge in [0.15, 0.2) is 0 Å².